The maximum atomic E-state index is 13.4. The monoisotopic (exact) mass is 609 g/mol. The van der Waals surface area contributed by atoms with Gasteiger partial charge in [0.2, 0.25) is 23.6 Å². The van der Waals surface area contributed by atoms with Gasteiger partial charge >= 0.3 is 5.97 Å². The third-order valence-corrected chi connectivity index (χ3v) is 8.27. The smallest absolute Gasteiger partial charge is 0.303 e. The Morgan fingerprint density at radius 3 is 2.09 bits per heavy atom. The second-order valence-electron chi connectivity index (χ2n) is 12.7. The van der Waals surface area contributed by atoms with Crippen LogP contribution in [-0.2, 0) is 24.0 Å². The molecule has 0 spiro atoms. The van der Waals surface area contributed by atoms with Crippen LogP contribution in [-0.4, -0.2) is 72.0 Å². The molecule has 1 rings (SSSR count). The zero-order valence-corrected chi connectivity index (χ0v) is 27.4. The summed E-state index contributed by atoms with van der Waals surface area (Å²) < 4.78 is 0. The van der Waals surface area contributed by atoms with Gasteiger partial charge in [0.25, 0.3) is 0 Å². The number of nitrogens with one attached hydrogen (secondary N) is 5. The molecule has 0 aromatic carbocycles. The van der Waals surface area contributed by atoms with Gasteiger partial charge in [-0.05, 0) is 56.8 Å². The van der Waals surface area contributed by atoms with Gasteiger partial charge in [0.15, 0.2) is 0 Å². The van der Waals surface area contributed by atoms with Crippen LogP contribution in [0.4, 0.5) is 0 Å². The first-order valence-electron chi connectivity index (χ1n) is 16.5. The van der Waals surface area contributed by atoms with E-state index in [2.05, 4.69) is 40.4 Å². The molecule has 0 aliphatic heterocycles. The summed E-state index contributed by atoms with van der Waals surface area (Å²) in [5, 5.41) is 23.9. The van der Waals surface area contributed by atoms with E-state index in [1.807, 2.05) is 27.7 Å². The predicted molar refractivity (Wildman–Crippen MR) is 168 cm³/mol. The van der Waals surface area contributed by atoms with E-state index >= 15 is 0 Å². The quantitative estimate of drug-likeness (QED) is 0.116. The summed E-state index contributed by atoms with van der Waals surface area (Å²) in [5.74, 6) is -1.48. The Bertz CT molecular complexity index is 876. The molecule has 43 heavy (non-hydrogen) atoms. The molecule has 1 unspecified atom stereocenters. The minimum Gasteiger partial charge on any atom is -0.481 e. The molecule has 1 fully saturated rings. The number of carboxylic acids is 1. The largest absolute Gasteiger partial charge is 0.481 e. The van der Waals surface area contributed by atoms with E-state index in [-0.39, 0.29) is 43.0 Å². The van der Waals surface area contributed by atoms with E-state index < -0.39 is 35.9 Å². The number of amides is 4. The molecule has 1 aliphatic rings. The van der Waals surface area contributed by atoms with Gasteiger partial charge in [-0.15, -0.1) is 0 Å². The Morgan fingerprint density at radius 1 is 0.837 bits per heavy atom. The van der Waals surface area contributed by atoms with Crippen molar-refractivity contribution in [3.05, 3.63) is 0 Å². The van der Waals surface area contributed by atoms with E-state index in [4.69, 9.17) is 5.11 Å². The van der Waals surface area contributed by atoms with Crippen molar-refractivity contribution in [2.75, 3.05) is 13.1 Å². The summed E-state index contributed by atoms with van der Waals surface area (Å²) in [4.78, 5) is 62.7. The van der Waals surface area contributed by atoms with Crippen LogP contribution in [0.5, 0.6) is 0 Å². The maximum Gasteiger partial charge on any atom is 0.303 e. The van der Waals surface area contributed by atoms with Crippen LogP contribution in [0, 0.1) is 17.8 Å². The van der Waals surface area contributed by atoms with Crippen molar-refractivity contribution < 1.29 is 29.1 Å². The molecule has 11 nitrogen and oxygen atoms in total. The summed E-state index contributed by atoms with van der Waals surface area (Å²) in [6.07, 6.45) is 8.55. The number of carbonyl (C=O) groups excluding carboxylic acids is 4. The van der Waals surface area contributed by atoms with E-state index in [0.717, 1.165) is 12.8 Å². The summed E-state index contributed by atoms with van der Waals surface area (Å²) in [5.41, 5.74) is 0. The predicted octanol–water partition coefficient (Wildman–Crippen LogP) is 3.26. The molecule has 0 radical (unpaired) electrons. The fourth-order valence-electron chi connectivity index (χ4n) is 5.43. The van der Waals surface area contributed by atoms with Crippen molar-refractivity contribution in [1.29, 1.82) is 0 Å². The number of carbonyl (C=O) groups is 5. The van der Waals surface area contributed by atoms with Crippen LogP contribution in [0.15, 0.2) is 0 Å². The van der Waals surface area contributed by atoms with Gasteiger partial charge in [0.05, 0.1) is 6.04 Å². The van der Waals surface area contributed by atoms with E-state index in [1.54, 1.807) is 0 Å². The normalized spacial score (nSPS) is 17.3. The molecular formula is C32H59N5O6. The zero-order chi connectivity index (χ0) is 32.4. The molecule has 6 N–H and O–H groups in total. The zero-order valence-electron chi connectivity index (χ0n) is 27.4. The lowest BCUT2D eigenvalue weighted by Gasteiger charge is -2.28. The number of hydrogen-bond donors (Lipinski definition) is 6. The Balaban J connectivity index is 2.78. The minimum absolute atomic E-state index is 0.00625. The van der Waals surface area contributed by atoms with E-state index in [1.165, 1.54) is 19.3 Å². The minimum atomic E-state index is -0.976. The van der Waals surface area contributed by atoms with Gasteiger partial charge in [-0.3, -0.25) is 24.0 Å². The molecule has 1 aliphatic carbocycles. The highest BCUT2D eigenvalue weighted by Crippen LogP contribution is 2.22. The van der Waals surface area contributed by atoms with E-state index in [9.17, 15) is 24.0 Å². The Labute approximate surface area is 258 Å². The SMILES string of the molecule is CCC[C@H](NC(=O)[C@@H](NC(=O)CCCC(=O)O)C(C)CC)C(=O)N[C@H](CN[C@@H](C)C(=O)NCC1CCCCC1)CC(C)C. The van der Waals surface area contributed by atoms with Gasteiger partial charge in [-0.25, -0.2) is 0 Å². The Hall–Kier alpha value is -2.69. The molecule has 1 saturated carbocycles. The topological polar surface area (TPSA) is 166 Å². The molecule has 0 aromatic rings. The van der Waals surface area contributed by atoms with Crippen molar-refractivity contribution >= 4 is 29.6 Å². The average molecular weight is 610 g/mol. The number of rotatable bonds is 21. The molecule has 0 saturated heterocycles. The molecule has 0 heterocycles. The number of carboxylic acid groups (broad SMARTS) is 1. The second kappa shape index (κ2) is 21.1. The van der Waals surface area contributed by atoms with Gasteiger partial charge in [-0.2, -0.15) is 0 Å². The van der Waals surface area contributed by atoms with Crippen LogP contribution >= 0.6 is 0 Å². The lowest BCUT2D eigenvalue weighted by molar-refractivity contribution is -0.137. The van der Waals surface area contributed by atoms with Crippen molar-refractivity contribution in [2.24, 2.45) is 17.8 Å². The molecule has 11 heteroatoms. The van der Waals surface area contributed by atoms with Crippen LogP contribution in [0.25, 0.3) is 0 Å². The number of aliphatic carboxylic acids is 1. The van der Waals surface area contributed by atoms with Gasteiger partial charge in [-0.1, -0.05) is 66.7 Å². The third kappa shape index (κ3) is 16.1. The van der Waals surface area contributed by atoms with Crippen LogP contribution in [0.3, 0.4) is 0 Å². The lowest BCUT2D eigenvalue weighted by atomic mass is 9.89. The third-order valence-electron chi connectivity index (χ3n) is 8.27. The Kier molecular flexibility index (Phi) is 18.8. The fourth-order valence-corrected chi connectivity index (χ4v) is 5.43. The van der Waals surface area contributed by atoms with Crippen LogP contribution < -0.4 is 26.6 Å². The molecule has 0 bridgehead atoms. The highest BCUT2D eigenvalue weighted by Gasteiger charge is 2.30. The van der Waals surface area contributed by atoms with Crippen molar-refractivity contribution in [3.63, 3.8) is 0 Å². The fraction of sp³-hybridized carbons (Fsp3) is 0.844. The van der Waals surface area contributed by atoms with Crippen LogP contribution in [0.2, 0.25) is 0 Å². The second-order valence-corrected chi connectivity index (χ2v) is 12.7. The molecular weight excluding hydrogens is 550 g/mol. The molecule has 4 amide bonds. The van der Waals surface area contributed by atoms with Gasteiger partial charge < -0.3 is 31.7 Å². The van der Waals surface area contributed by atoms with Gasteiger partial charge in [0, 0.05) is 32.0 Å². The van der Waals surface area contributed by atoms with Crippen molar-refractivity contribution in [3.8, 4) is 0 Å². The first-order chi connectivity index (χ1) is 20.4. The highest BCUT2D eigenvalue weighted by atomic mass is 16.4. The standard InChI is InChI=1S/C32H59N5O6/c1-7-13-26(36-32(43)29(22(5)8-2)37-27(38)16-12-17-28(39)40)31(42)35-25(18-21(3)4)20-33-23(6)30(41)34-19-24-14-10-9-11-15-24/h21-26,29,33H,7-20H2,1-6H3,(H,34,41)(H,35,42)(H,36,43)(H,37,38)(H,39,40)/t22?,23-,25-,26-,29-/m0/s1. The molecule has 5 atom stereocenters. The first-order valence-corrected chi connectivity index (χ1v) is 16.5. The summed E-state index contributed by atoms with van der Waals surface area (Å²) >= 11 is 0. The van der Waals surface area contributed by atoms with Gasteiger partial charge in [0.1, 0.15) is 12.1 Å². The van der Waals surface area contributed by atoms with E-state index in [0.29, 0.717) is 50.6 Å². The highest BCUT2D eigenvalue weighted by molar-refractivity contribution is 5.92. The summed E-state index contributed by atoms with van der Waals surface area (Å²) in [6, 6.07) is -2.26. The summed E-state index contributed by atoms with van der Waals surface area (Å²) in [7, 11) is 0. The maximum absolute atomic E-state index is 13.4. The number of hydrogen-bond acceptors (Lipinski definition) is 6. The lowest BCUT2D eigenvalue weighted by Crippen LogP contribution is -2.57. The average Bonchev–Trinajstić information content (AvgIpc) is 2.96. The first kappa shape index (κ1) is 38.3. The van der Waals surface area contributed by atoms with Crippen LogP contribution in [0.1, 0.15) is 119 Å². The summed E-state index contributed by atoms with van der Waals surface area (Å²) in [6.45, 7) is 12.8. The molecule has 248 valence electrons. The van der Waals surface area contributed by atoms with Crippen molar-refractivity contribution in [1.82, 2.24) is 26.6 Å². The molecule has 0 aromatic heterocycles. The Morgan fingerprint density at radius 2 is 1.51 bits per heavy atom. The van der Waals surface area contributed by atoms with Crippen molar-refractivity contribution in [2.45, 2.75) is 143 Å².